The maximum atomic E-state index is 5.68. The minimum absolute atomic E-state index is 0.699. The standard InChI is InChI=1S/C12H6N4O/c1-2-9-11(14-3-1)12-10(17-9)4-7-8(16-12)5-13-6-15-7/h1-6H. The van der Waals surface area contributed by atoms with E-state index in [-0.39, 0.29) is 0 Å². The highest BCUT2D eigenvalue weighted by atomic mass is 16.3. The van der Waals surface area contributed by atoms with E-state index < -0.39 is 0 Å². The van der Waals surface area contributed by atoms with Gasteiger partial charge in [-0.1, -0.05) is 0 Å². The molecule has 0 aliphatic heterocycles. The summed E-state index contributed by atoms with van der Waals surface area (Å²) in [6.45, 7) is 0. The zero-order valence-corrected chi connectivity index (χ0v) is 8.66. The molecule has 0 atom stereocenters. The van der Waals surface area contributed by atoms with Gasteiger partial charge in [-0.15, -0.1) is 0 Å². The second-order valence-corrected chi connectivity index (χ2v) is 3.71. The molecule has 0 aliphatic carbocycles. The Morgan fingerprint density at radius 1 is 1.00 bits per heavy atom. The number of rotatable bonds is 0. The van der Waals surface area contributed by atoms with Crippen molar-refractivity contribution < 1.29 is 4.42 Å². The smallest absolute Gasteiger partial charge is 0.157 e. The van der Waals surface area contributed by atoms with Crippen LogP contribution < -0.4 is 0 Å². The zero-order valence-electron chi connectivity index (χ0n) is 8.66. The van der Waals surface area contributed by atoms with Crippen molar-refractivity contribution in [2.24, 2.45) is 0 Å². The first-order valence-corrected chi connectivity index (χ1v) is 5.16. The third kappa shape index (κ3) is 1.13. The summed E-state index contributed by atoms with van der Waals surface area (Å²) in [7, 11) is 0. The van der Waals surface area contributed by atoms with Gasteiger partial charge in [0.1, 0.15) is 22.9 Å². The van der Waals surface area contributed by atoms with Crippen LogP contribution in [0.1, 0.15) is 0 Å². The molecule has 4 aromatic rings. The van der Waals surface area contributed by atoms with Gasteiger partial charge in [0.2, 0.25) is 0 Å². The van der Waals surface area contributed by atoms with Crippen LogP contribution in [0.15, 0.2) is 41.3 Å². The molecule has 5 heteroatoms. The molecule has 0 radical (unpaired) electrons. The molecule has 0 N–H and O–H groups in total. The van der Waals surface area contributed by atoms with Crippen LogP contribution in [0.25, 0.3) is 33.2 Å². The minimum atomic E-state index is 0.699. The van der Waals surface area contributed by atoms with Gasteiger partial charge < -0.3 is 4.42 Å². The van der Waals surface area contributed by atoms with Crippen LogP contribution in [-0.2, 0) is 0 Å². The van der Waals surface area contributed by atoms with Crippen LogP contribution in [0.3, 0.4) is 0 Å². The van der Waals surface area contributed by atoms with Crippen molar-refractivity contribution in [1.82, 2.24) is 19.9 Å². The van der Waals surface area contributed by atoms with Crippen molar-refractivity contribution in [1.29, 1.82) is 0 Å². The zero-order chi connectivity index (χ0) is 11.2. The molecule has 5 nitrogen and oxygen atoms in total. The molecule has 0 fully saturated rings. The summed E-state index contributed by atoms with van der Waals surface area (Å²) in [5.74, 6) is 0. The van der Waals surface area contributed by atoms with E-state index in [1.54, 1.807) is 12.4 Å². The van der Waals surface area contributed by atoms with Crippen molar-refractivity contribution in [2.45, 2.75) is 0 Å². The number of aromatic nitrogens is 4. The van der Waals surface area contributed by atoms with E-state index in [0.29, 0.717) is 5.58 Å². The van der Waals surface area contributed by atoms with E-state index in [0.717, 1.165) is 27.6 Å². The highest BCUT2D eigenvalue weighted by Crippen LogP contribution is 2.26. The highest BCUT2D eigenvalue weighted by Gasteiger charge is 2.10. The third-order valence-electron chi connectivity index (χ3n) is 2.67. The average Bonchev–Trinajstić information content (AvgIpc) is 2.73. The van der Waals surface area contributed by atoms with E-state index in [9.17, 15) is 0 Å². The van der Waals surface area contributed by atoms with E-state index >= 15 is 0 Å². The van der Waals surface area contributed by atoms with Gasteiger partial charge >= 0.3 is 0 Å². The summed E-state index contributed by atoms with van der Waals surface area (Å²) in [4.78, 5) is 16.9. The first kappa shape index (κ1) is 8.58. The Balaban J connectivity index is 2.28. The number of pyridine rings is 2. The largest absolute Gasteiger partial charge is 0.453 e. The number of nitrogens with zero attached hydrogens (tertiary/aromatic N) is 4. The van der Waals surface area contributed by atoms with Crippen molar-refractivity contribution >= 4 is 33.2 Å². The quantitative estimate of drug-likeness (QED) is 0.456. The molecule has 0 saturated carbocycles. The molecule has 0 aromatic carbocycles. The maximum Gasteiger partial charge on any atom is 0.157 e. The Bertz CT molecular complexity index is 847. The lowest BCUT2D eigenvalue weighted by Crippen LogP contribution is -1.85. The van der Waals surface area contributed by atoms with E-state index in [2.05, 4.69) is 19.9 Å². The summed E-state index contributed by atoms with van der Waals surface area (Å²) < 4.78 is 5.68. The topological polar surface area (TPSA) is 64.7 Å². The molecule has 80 valence electrons. The Morgan fingerprint density at radius 3 is 3.00 bits per heavy atom. The molecule has 0 bridgehead atoms. The van der Waals surface area contributed by atoms with Crippen molar-refractivity contribution in [2.75, 3.05) is 0 Å². The Kier molecular flexibility index (Phi) is 1.50. The molecule has 0 unspecified atom stereocenters. The third-order valence-corrected chi connectivity index (χ3v) is 2.67. The van der Waals surface area contributed by atoms with Crippen LogP contribution in [0.5, 0.6) is 0 Å². The lowest BCUT2D eigenvalue weighted by Gasteiger charge is -1.93. The number of furan rings is 1. The van der Waals surface area contributed by atoms with E-state index in [4.69, 9.17) is 4.42 Å². The maximum absolute atomic E-state index is 5.68. The van der Waals surface area contributed by atoms with Crippen LogP contribution in [-0.4, -0.2) is 19.9 Å². The fourth-order valence-electron chi connectivity index (χ4n) is 1.91. The Labute approximate surface area is 95.1 Å². The minimum Gasteiger partial charge on any atom is -0.453 e. The fraction of sp³-hybridized carbons (Fsp3) is 0. The van der Waals surface area contributed by atoms with Gasteiger partial charge in [0.05, 0.1) is 11.7 Å². The van der Waals surface area contributed by atoms with Crippen molar-refractivity contribution in [3.05, 3.63) is 36.9 Å². The molecule has 0 spiro atoms. The van der Waals surface area contributed by atoms with Gasteiger partial charge in [-0.3, -0.25) is 4.98 Å². The van der Waals surface area contributed by atoms with Crippen molar-refractivity contribution in [3.8, 4) is 0 Å². The van der Waals surface area contributed by atoms with Crippen LogP contribution >= 0.6 is 0 Å². The Morgan fingerprint density at radius 2 is 2.00 bits per heavy atom. The molecule has 17 heavy (non-hydrogen) atoms. The number of hydrogen-bond acceptors (Lipinski definition) is 5. The average molecular weight is 222 g/mol. The monoisotopic (exact) mass is 222 g/mol. The van der Waals surface area contributed by atoms with Crippen LogP contribution in [0, 0.1) is 0 Å². The molecular formula is C12H6N4O. The fourth-order valence-corrected chi connectivity index (χ4v) is 1.91. The predicted molar refractivity (Wildman–Crippen MR) is 62.4 cm³/mol. The van der Waals surface area contributed by atoms with Gasteiger partial charge in [-0.05, 0) is 12.1 Å². The lowest BCUT2D eigenvalue weighted by atomic mass is 10.3. The lowest BCUT2D eigenvalue weighted by molar-refractivity contribution is 0.668. The first-order chi connectivity index (χ1) is 8.42. The molecular weight excluding hydrogens is 216 g/mol. The van der Waals surface area contributed by atoms with Gasteiger partial charge in [0.15, 0.2) is 11.2 Å². The van der Waals surface area contributed by atoms with Gasteiger partial charge in [0.25, 0.3) is 0 Å². The van der Waals surface area contributed by atoms with E-state index in [1.807, 2.05) is 18.2 Å². The SMILES string of the molecule is c1cnc2c(c1)oc1cc3ncncc3nc12. The van der Waals surface area contributed by atoms with Gasteiger partial charge in [-0.25, -0.2) is 15.0 Å². The van der Waals surface area contributed by atoms with Gasteiger partial charge in [-0.2, -0.15) is 0 Å². The number of hydrogen-bond donors (Lipinski definition) is 0. The van der Waals surface area contributed by atoms with Crippen molar-refractivity contribution in [3.63, 3.8) is 0 Å². The molecule has 4 rings (SSSR count). The molecule has 4 heterocycles. The second kappa shape index (κ2) is 2.98. The van der Waals surface area contributed by atoms with Crippen LogP contribution in [0.4, 0.5) is 0 Å². The Hall–Kier alpha value is -2.56. The summed E-state index contributed by atoms with van der Waals surface area (Å²) in [6.07, 6.45) is 4.91. The molecule has 0 aliphatic rings. The highest BCUT2D eigenvalue weighted by molar-refractivity contribution is 6.02. The summed E-state index contributed by atoms with van der Waals surface area (Å²) >= 11 is 0. The summed E-state index contributed by atoms with van der Waals surface area (Å²) in [5, 5.41) is 0. The second-order valence-electron chi connectivity index (χ2n) is 3.71. The van der Waals surface area contributed by atoms with Crippen LogP contribution in [0.2, 0.25) is 0 Å². The first-order valence-electron chi connectivity index (χ1n) is 5.16. The van der Waals surface area contributed by atoms with E-state index in [1.165, 1.54) is 6.33 Å². The normalized spacial score (nSPS) is 11.5. The van der Waals surface area contributed by atoms with Gasteiger partial charge in [0, 0.05) is 12.3 Å². The molecule has 4 aromatic heterocycles. The summed E-state index contributed by atoms with van der Waals surface area (Å²) in [5.41, 5.74) is 4.47. The molecule has 0 amide bonds. The summed E-state index contributed by atoms with van der Waals surface area (Å²) in [6, 6.07) is 5.58. The predicted octanol–water partition coefficient (Wildman–Crippen LogP) is 2.32. The number of fused-ring (bicyclic) bond motifs is 4. The molecule has 0 saturated heterocycles.